The zero-order chi connectivity index (χ0) is 19.6. The maximum absolute atomic E-state index is 12.2. The number of rotatable bonds is 4. The van der Waals surface area contributed by atoms with Crippen LogP contribution in [0.1, 0.15) is 52.5 Å². The van der Waals surface area contributed by atoms with Gasteiger partial charge < -0.3 is 15.0 Å². The molecule has 0 bridgehead atoms. The number of nitrogens with one attached hydrogen (secondary N) is 1. The topological polar surface area (TPSA) is 41.6 Å². The molecule has 0 unspecified atom stereocenters. The van der Waals surface area contributed by atoms with Crippen LogP contribution in [0.25, 0.3) is 6.08 Å². The number of nitrogens with zero attached hydrogens (tertiary/aromatic N) is 1. The van der Waals surface area contributed by atoms with E-state index >= 15 is 0 Å². The summed E-state index contributed by atoms with van der Waals surface area (Å²) in [5.74, 6) is 0.646. The molecule has 0 spiro atoms. The summed E-state index contributed by atoms with van der Waals surface area (Å²) in [6.07, 6.45) is 5.36. The highest BCUT2D eigenvalue weighted by atomic mass is 127. The van der Waals surface area contributed by atoms with E-state index < -0.39 is 5.60 Å². The zero-order valence-corrected chi connectivity index (χ0v) is 20.2. The molecule has 28 heavy (non-hydrogen) atoms. The Morgan fingerprint density at radius 2 is 1.82 bits per heavy atom. The number of hydrogen-bond donors (Lipinski definition) is 1. The van der Waals surface area contributed by atoms with Gasteiger partial charge in [0.25, 0.3) is 0 Å². The third-order valence-electron chi connectivity index (χ3n) is 5.24. The fourth-order valence-corrected chi connectivity index (χ4v) is 4.03. The minimum Gasteiger partial charge on any atom is -0.444 e. The molecule has 0 aromatic heterocycles. The summed E-state index contributed by atoms with van der Waals surface area (Å²) in [6.45, 7) is 9.55. The van der Waals surface area contributed by atoms with Crippen LogP contribution in [0.5, 0.6) is 0 Å². The zero-order valence-electron chi connectivity index (χ0n) is 17.2. The number of benzene rings is 1. The van der Waals surface area contributed by atoms with Crippen molar-refractivity contribution in [3.05, 3.63) is 39.0 Å². The fourth-order valence-electron chi connectivity index (χ4n) is 3.67. The maximum atomic E-state index is 12.2. The number of halogens is 2. The number of carbonyl (C=O) groups is 1. The molecular weight excluding hydrogens is 487 g/mol. The minimum atomic E-state index is -0.422. The van der Waals surface area contributed by atoms with Crippen molar-refractivity contribution in [3.63, 3.8) is 0 Å². The lowest BCUT2D eigenvalue weighted by Gasteiger charge is -2.34. The van der Waals surface area contributed by atoms with Crippen LogP contribution >= 0.6 is 35.0 Å². The van der Waals surface area contributed by atoms with Crippen LogP contribution in [-0.2, 0) is 4.74 Å². The van der Waals surface area contributed by atoms with Gasteiger partial charge in [-0.1, -0.05) is 23.8 Å². The van der Waals surface area contributed by atoms with Gasteiger partial charge >= 0.3 is 6.09 Å². The molecule has 2 fully saturated rings. The Hall–Kier alpha value is -0.790. The minimum absolute atomic E-state index is 0. The van der Waals surface area contributed by atoms with E-state index in [1.54, 1.807) is 0 Å². The third kappa shape index (κ3) is 6.92. The van der Waals surface area contributed by atoms with Gasteiger partial charge in [-0.05, 0) is 93.2 Å². The number of hydrogen-bond acceptors (Lipinski definition) is 3. The van der Waals surface area contributed by atoms with E-state index in [0.29, 0.717) is 18.0 Å². The molecule has 3 rings (SSSR count). The lowest BCUT2D eigenvalue weighted by atomic mass is 10.0. The average molecular weight is 519 g/mol. The molecule has 2 atom stereocenters. The molecule has 0 radical (unpaired) electrons. The largest absolute Gasteiger partial charge is 0.444 e. The summed E-state index contributed by atoms with van der Waals surface area (Å²) in [5.41, 5.74) is 2.32. The summed E-state index contributed by atoms with van der Waals surface area (Å²) in [6, 6.07) is 9.76. The number of carbonyl (C=O) groups excluding carboxylic acids is 1. The summed E-state index contributed by atoms with van der Waals surface area (Å²) < 4.78 is 6.75. The van der Waals surface area contributed by atoms with Crippen LogP contribution < -0.4 is 5.32 Å². The predicted molar refractivity (Wildman–Crippen MR) is 126 cm³/mol. The first-order valence-corrected chi connectivity index (χ1v) is 11.0. The molecule has 1 aliphatic carbocycles. The molecule has 1 heterocycles. The highest BCUT2D eigenvalue weighted by Gasteiger charge is 2.40. The summed E-state index contributed by atoms with van der Waals surface area (Å²) >= 11 is 2.34. The van der Waals surface area contributed by atoms with Crippen LogP contribution in [0.2, 0.25) is 0 Å². The smallest absolute Gasteiger partial charge is 0.410 e. The monoisotopic (exact) mass is 518 g/mol. The Kier molecular flexibility index (Phi) is 8.23. The molecule has 1 aliphatic heterocycles. The molecule has 1 aromatic rings. The van der Waals surface area contributed by atoms with Crippen molar-refractivity contribution in [2.45, 2.75) is 64.6 Å². The molecule has 2 aliphatic rings. The van der Waals surface area contributed by atoms with Gasteiger partial charge in [-0.25, -0.2) is 4.79 Å². The Balaban J connectivity index is 0.00000280. The van der Waals surface area contributed by atoms with E-state index in [2.05, 4.69) is 65.2 Å². The Bertz CT molecular complexity index is 691. The first-order valence-electron chi connectivity index (χ1n) is 9.89. The predicted octanol–water partition coefficient (Wildman–Crippen LogP) is 5.49. The summed E-state index contributed by atoms with van der Waals surface area (Å²) in [7, 11) is 0. The third-order valence-corrected chi connectivity index (χ3v) is 5.96. The van der Waals surface area contributed by atoms with E-state index in [4.69, 9.17) is 4.74 Å². The van der Waals surface area contributed by atoms with E-state index in [-0.39, 0.29) is 18.5 Å². The highest BCUT2D eigenvalue weighted by Crippen LogP contribution is 2.38. The standard InChI is InChI=1S/C22H31IN2O2.ClH/c1-15(13-16-5-7-17(23)8-6-16)19-14-20(19)24-18-9-11-25(12-10-18)21(26)27-22(2,3)4;/h5-8,13,18-20,24H,9-12,14H2,1-4H3;1H/b15-13+;/t19-,20+;/m0./s1. The highest BCUT2D eigenvalue weighted by molar-refractivity contribution is 14.1. The van der Waals surface area contributed by atoms with E-state index in [0.717, 1.165) is 25.9 Å². The molecule has 1 aromatic carbocycles. The molecule has 6 heteroatoms. The fraction of sp³-hybridized carbons (Fsp3) is 0.591. The Morgan fingerprint density at radius 1 is 1.21 bits per heavy atom. The van der Waals surface area contributed by atoms with Crippen molar-refractivity contribution in [2.24, 2.45) is 5.92 Å². The first kappa shape index (κ1) is 23.5. The first-order chi connectivity index (χ1) is 12.7. The van der Waals surface area contributed by atoms with Crippen molar-refractivity contribution in [1.82, 2.24) is 10.2 Å². The summed E-state index contributed by atoms with van der Waals surface area (Å²) in [4.78, 5) is 14.0. The van der Waals surface area contributed by atoms with Gasteiger partial charge in [0, 0.05) is 28.7 Å². The van der Waals surface area contributed by atoms with Gasteiger partial charge in [0.05, 0.1) is 0 Å². The van der Waals surface area contributed by atoms with E-state index in [9.17, 15) is 4.79 Å². The molecule has 156 valence electrons. The normalized spacial score (nSPS) is 23.2. The van der Waals surface area contributed by atoms with Crippen LogP contribution in [0.3, 0.4) is 0 Å². The van der Waals surface area contributed by atoms with Gasteiger partial charge in [0.1, 0.15) is 5.60 Å². The second-order valence-corrected chi connectivity index (χ2v) is 10.0. The van der Waals surface area contributed by atoms with Crippen molar-refractivity contribution in [3.8, 4) is 0 Å². The number of likely N-dealkylation sites (tertiary alicyclic amines) is 1. The van der Waals surface area contributed by atoms with E-state index in [1.165, 1.54) is 21.1 Å². The SMILES string of the molecule is C/C(=C\c1ccc(I)cc1)[C@@H]1C[C@H]1NC1CCN(C(=O)OC(C)(C)C)CC1.Cl. The van der Waals surface area contributed by atoms with Crippen molar-refractivity contribution in [2.75, 3.05) is 13.1 Å². The van der Waals surface area contributed by atoms with Crippen molar-refractivity contribution in [1.29, 1.82) is 0 Å². The maximum Gasteiger partial charge on any atom is 0.410 e. The molecule has 4 nitrogen and oxygen atoms in total. The second kappa shape index (κ2) is 9.81. The second-order valence-electron chi connectivity index (χ2n) is 8.80. The van der Waals surface area contributed by atoms with Gasteiger partial charge in [-0.2, -0.15) is 0 Å². The van der Waals surface area contributed by atoms with Crippen molar-refractivity contribution >= 4 is 47.2 Å². The van der Waals surface area contributed by atoms with Crippen LogP contribution in [0.15, 0.2) is 29.8 Å². The number of amides is 1. The van der Waals surface area contributed by atoms with Gasteiger partial charge in [-0.15, -0.1) is 12.4 Å². The molecule has 1 saturated heterocycles. The molecule has 1 saturated carbocycles. The number of piperidine rings is 1. The van der Waals surface area contributed by atoms with Gasteiger partial charge in [0.15, 0.2) is 0 Å². The molecule has 1 amide bonds. The quantitative estimate of drug-likeness (QED) is 0.536. The molecular formula is C22H32ClIN2O2. The van der Waals surface area contributed by atoms with Gasteiger partial charge in [-0.3, -0.25) is 0 Å². The summed E-state index contributed by atoms with van der Waals surface area (Å²) in [5, 5.41) is 3.81. The lowest BCUT2D eigenvalue weighted by Crippen LogP contribution is -2.47. The van der Waals surface area contributed by atoms with Gasteiger partial charge in [0.2, 0.25) is 0 Å². The van der Waals surface area contributed by atoms with Crippen LogP contribution in [-0.4, -0.2) is 41.8 Å². The van der Waals surface area contributed by atoms with Crippen molar-refractivity contribution < 1.29 is 9.53 Å². The molecule has 1 N–H and O–H groups in total. The average Bonchev–Trinajstić information content (AvgIpc) is 3.35. The van der Waals surface area contributed by atoms with Crippen LogP contribution in [0, 0.1) is 9.49 Å². The number of ether oxygens (including phenoxy) is 1. The Morgan fingerprint density at radius 3 is 2.39 bits per heavy atom. The lowest BCUT2D eigenvalue weighted by molar-refractivity contribution is 0.0198. The Labute approximate surface area is 189 Å². The van der Waals surface area contributed by atoms with Crippen LogP contribution in [0.4, 0.5) is 4.79 Å². The van der Waals surface area contributed by atoms with E-state index in [1.807, 2.05) is 25.7 Å².